The van der Waals surface area contributed by atoms with Crippen molar-refractivity contribution in [1.29, 1.82) is 0 Å². The van der Waals surface area contributed by atoms with Gasteiger partial charge in [-0.3, -0.25) is 19.3 Å². The van der Waals surface area contributed by atoms with E-state index in [0.29, 0.717) is 5.69 Å². The number of aromatic amines is 2. The summed E-state index contributed by atoms with van der Waals surface area (Å²) in [5.41, 5.74) is 0.980. The molecule has 0 radical (unpaired) electrons. The Kier molecular flexibility index (Phi) is 4.73. The molecule has 0 unspecified atom stereocenters. The number of hydrogen-bond acceptors (Lipinski definition) is 5. The van der Waals surface area contributed by atoms with Crippen LogP contribution in [0, 0.1) is 0 Å². The SMILES string of the molecule is O=C(Nc1ccc(-c2ccn[nH]2)cc1)c1c[nH]c(=O)n(Cc2cccs2)c1=O. The average Bonchev–Trinajstić information content (AvgIpc) is 3.40. The van der Waals surface area contributed by atoms with E-state index in [4.69, 9.17) is 0 Å². The summed E-state index contributed by atoms with van der Waals surface area (Å²) in [5.74, 6) is -0.588. The number of anilines is 1. The number of nitrogens with one attached hydrogen (secondary N) is 3. The maximum Gasteiger partial charge on any atom is 0.328 e. The lowest BCUT2D eigenvalue weighted by Gasteiger charge is -2.08. The summed E-state index contributed by atoms with van der Waals surface area (Å²) in [6.45, 7) is 0.117. The van der Waals surface area contributed by atoms with Crippen LogP contribution in [0.4, 0.5) is 5.69 Å². The van der Waals surface area contributed by atoms with E-state index in [2.05, 4.69) is 20.5 Å². The van der Waals surface area contributed by atoms with Gasteiger partial charge in [0.05, 0.1) is 12.2 Å². The van der Waals surface area contributed by atoms with Gasteiger partial charge < -0.3 is 10.3 Å². The van der Waals surface area contributed by atoms with Crippen LogP contribution < -0.4 is 16.6 Å². The number of carbonyl (C=O) groups is 1. The number of nitrogens with zero attached hydrogens (tertiary/aromatic N) is 2. The first kappa shape index (κ1) is 17.7. The van der Waals surface area contributed by atoms with Gasteiger partial charge in [-0.15, -0.1) is 11.3 Å². The molecule has 140 valence electrons. The van der Waals surface area contributed by atoms with E-state index in [1.165, 1.54) is 11.3 Å². The largest absolute Gasteiger partial charge is 0.328 e. The summed E-state index contributed by atoms with van der Waals surface area (Å²) >= 11 is 1.43. The van der Waals surface area contributed by atoms with Crippen molar-refractivity contribution in [3.63, 3.8) is 0 Å². The molecule has 0 saturated carbocycles. The van der Waals surface area contributed by atoms with E-state index < -0.39 is 17.2 Å². The summed E-state index contributed by atoms with van der Waals surface area (Å²) in [7, 11) is 0. The third-order valence-electron chi connectivity index (χ3n) is 4.15. The Morgan fingerprint density at radius 3 is 2.64 bits per heavy atom. The summed E-state index contributed by atoms with van der Waals surface area (Å²) < 4.78 is 1.02. The third kappa shape index (κ3) is 3.55. The Bertz CT molecular complexity index is 1210. The van der Waals surface area contributed by atoms with Gasteiger partial charge in [0.25, 0.3) is 11.5 Å². The molecular weight excluding hydrogens is 378 g/mol. The minimum Gasteiger partial charge on any atom is -0.322 e. The Morgan fingerprint density at radius 2 is 1.96 bits per heavy atom. The van der Waals surface area contributed by atoms with E-state index in [-0.39, 0.29) is 12.1 Å². The fraction of sp³-hybridized carbons (Fsp3) is 0.0526. The molecule has 0 aliphatic carbocycles. The van der Waals surface area contributed by atoms with E-state index in [0.717, 1.165) is 26.9 Å². The number of H-pyrrole nitrogens is 2. The third-order valence-corrected chi connectivity index (χ3v) is 5.02. The van der Waals surface area contributed by atoms with E-state index in [9.17, 15) is 14.4 Å². The highest BCUT2D eigenvalue weighted by atomic mass is 32.1. The lowest BCUT2D eigenvalue weighted by molar-refractivity contribution is 0.102. The molecule has 8 nitrogen and oxygen atoms in total. The Labute approximate surface area is 162 Å². The van der Waals surface area contributed by atoms with Crippen LogP contribution >= 0.6 is 11.3 Å². The first-order valence-corrected chi connectivity index (χ1v) is 9.26. The van der Waals surface area contributed by atoms with Gasteiger partial charge in [-0.25, -0.2) is 4.79 Å². The van der Waals surface area contributed by atoms with Crippen LogP contribution in [-0.2, 0) is 6.54 Å². The monoisotopic (exact) mass is 393 g/mol. The number of amides is 1. The molecule has 3 N–H and O–H groups in total. The van der Waals surface area contributed by atoms with Gasteiger partial charge in [-0.05, 0) is 35.2 Å². The van der Waals surface area contributed by atoms with Gasteiger partial charge >= 0.3 is 5.69 Å². The molecule has 3 aromatic heterocycles. The average molecular weight is 393 g/mol. The smallest absolute Gasteiger partial charge is 0.322 e. The predicted octanol–water partition coefficient (Wildman–Crippen LogP) is 2.29. The molecule has 0 fully saturated rings. The second-order valence-corrected chi connectivity index (χ2v) is 7.01. The topological polar surface area (TPSA) is 113 Å². The standard InChI is InChI=1S/C19H15N5O3S/c25-17(22-13-5-3-12(4-6-13)16-7-8-21-23-16)15-10-20-19(27)24(18(15)26)11-14-2-1-9-28-14/h1-10H,11H2,(H,20,27)(H,21,23)(H,22,25). The van der Waals surface area contributed by atoms with Crippen LogP contribution in [0.25, 0.3) is 11.3 Å². The summed E-state index contributed by atoms with van der Waals surface area (Å²) in [6, 6.07) is 12.6. The zero-order valence-electron chi connectivity index (χ0n) is 14.5. The summed E-state index contributed by atoms with van der Waals surface area (Å²) in [6.07, 6.45) is 2.80. The first-order chi connectivity index (χ1) is 13.6. The van der Waals surface area contributed by atoms with Crippen molar-refractivity contribution in [3.05, 3.63) is 91.5 Å². The second kappa shape index (κ2) is 7.49. The summed E-state index contributed by atoms with van der Waals surface area (Å²) in [4.78, 5) is 40.5. The van der Waals surface area contributed by atoms with Crippen molar-refractivity contribution < 1.29 is 4.79 Å². The van der Waals surface area contributed by atoms with Gasteiger partial charge in [-0.2, -0.15) is 5.10 Å². The maximum atomic E-state index is 12.6. The second-order valence-electron chi connectivity index (χ2n) is 5.98. The van der Waals surface area contributed by atoms with Crippen LogP contribution in [-0.4, -0.2) is 25.7 Å². The zero-order chi connectivity index (χ0) is 19.5. The van der Waals surface area contributed by atoms with Crippen molar-refractivity contribution in [2.24, 2.45) is 0 Å². The van der Waals surface area contributed by atoms with E-state index >= 15 is 0 Å². The normalized spacial score (nSPS) is 10.7. The predicted molar refractivity (Wildman–Crippen MR) is 107 cm³/mol. The fourth-order valence-electron chi connectivity index (χ4n) is 2.72. The molecule has 0 atom stereocenters. The molecule has 3 heterocycles. The quantitative estimate of drug-likeness (QED) is 0.483. The summed E-state index contributed by atoms with van der Waals surface area (Å²) in [5, 5.41) is 11.3. The first-order valence-electron chi connectivity index (χ1n) is 8.38. The van der Waals surface area contributed by atoms with E-state index in [1.807, 2.05) is 35.7 Å². The lowest BCUT2D eigenvalue weighted by atomic mass is 10.1. The molecule has 1 amide bonds. The van der Waals surface area contributed by atoms with Gasteiger partial charge in [0.1, 0.15) is 5.56 Å². The van der Waals surface area contributed by atoms with Crippen molar-refractivity contribution >= 4 is 22.9 Å². The van der Waals surface area contributed by atoms with Gasteiger partial charge in [0.15, 0.2) is 0 Å². The molecule has 0 spiro atoms. The maximum absolute atomic E-state index is 12.6. The number of hydrogen-bond donors (Lipinski definition) is 3. The lowest BCUT2D eigenvalue weighted by Crippen LogP contribution is -2.39. The number of thiophene rings is 1. The van der Waals surface area contributed by atoms with Crippen LogP contribution in [0.3, 0.4) is 0 Å². The highest BCUT2D eigenvalue weighted by Gasteiger charge is 2.15. The molecule has 0 aliphatic rings. The number of aromatic nitrogens is 4. The van der Waals surface area contributed by atoms with Gasteiger partial charge in [-0.1, -0.05) is 18.2 Å². The van der Waals surface area contributed by atoms with Crippen molar-refractivity contribution in [1.82, 2.24) is 19.7 Å². The molecule has 4 rings (SSSR count). The molecule has 0 saturated heterocycles. The Balaban J connectivity index is 1.56. The van der Waals surface area contributed by atoms with Crippen molar-refractivity contribution in [2.45, 2.75) is 6.54 Å². The van der Waals surface area contributed by atoms with Crippen LogP contribution in [0.5, 0.6) is 0 Å². The van der Waals surface area contributed by atoms with Crippen molar-refractivity contribution in [2.75, 3.05) is 5.32 Å². The molecular formula is C19H15N5O3S. The minimum atomic E-state index is -0.635. The number of carbonyl (C=O) groups excluding carboxylic acids is 1. The van der Waals surface area contributed by atoms with Crippen LogP contribution in [0.1, 0.15) is 15.2 Å². The zero-order valence-corrected chi connectivity index (χ0v) is 15.3. The molecule has 28 heavy (non-hydrogen) atoms. The van der Waals surface area contributed by atoms with Crippen molar-refractivity contribution in [3.8, 4) is 11.3 Å². The highest BCUT2D eigenvalue weighted by molar-refractivity contribution is 7.09. The van der Waals surface area contributed by atoms with Crippen LogP contribution in [0.2, 0.25) is 0 Å². The Morgan fingerprint density at radius 1 is 1.14 bits per heavy atom. The Hall–Kier alpha value is -3.72. The van der Waals surface area contributed by atoms with Crippen LogP contribution in [0.15, 0.2) is 69.8 Å². The van der Waals surface area contributed by atoms with E-state index in [1.54, 1.807) is 18.3 Å². The molecule has 9 heteroatoms. The molecule has 0 aliphatic heterocycles. The molecule has 4 aromatic rings. The number of rotatable bonds is 5. The fourth-order valence-corrected chi connectivity index (χ4v) is 3.42. The molecule has 1 aromatic carbocycles. The minimum absolute atomic E-state index is 0.117. The van der Waals surface area contributed by atoms with Gasteiger partial charge in [0, 0.05) is 23.0 Å². The highest BCUT2D eigenvalue weighted by Crippen LogP contribution is 2.19. The molecule has 0 bridgehead atoms. The van der Waals surface area contributed by atoms with Gasteiger partial charge in [0.2, 0.25) is 0 Å². The number of benzene rings is 1.